The van der Waals surface area contributed by atoms with E-state index in [0.29, 0.717) is 24.7 Å². The summed E-state index contributed by atoms with van der Waals surface area (Å²) in [6.45, 7) is 3.09. The molecule has 4 rings (SSSR count). The summed E-state index contributed by atoms with van der Waals surface area (Å²) in [5, 5.41) is 9.42. The zero-order chi connectivity index (χ0) is 19.0. The van der Waals surface area contributed by atoms with E-state index in [4.69, 9.17) is 0 Å². The van der Waals surface area contributed by atoms with Crippen molar-refractivity contribution in [2.24, 2.45) is 0 Å². The molecule has 1 aliphatic rings. The molecule has 6 heteroatoms. The Morgan fingerprint density at radius 2 is 1.81 bits per heavy atom. The van der Waals surface area contributed by atoms with Gasteiger partial charge in [-0.1, -0.05) is 18.2 Å². The molecule has 0 unspecified atom stereocenters. The van der Waals surface area contributed by atoms with Crippen molar-refractivity contribution in [2.45, 2.75) is 25.7 Å². The normalized spacial score (nSPS) is 15.2. The molecule has 0 aliphatic carbocycles. The zero-order valence-corrected chi connectivity index (χ0v) is 15.1. The Kier molecular flexibility index (Phi) is 4.39. The summed E-state index contributed by atoms with van der Waals surface area (Å²) in [5.74, 6) is 0.353. The van der Waals surface area contributed by atoms with Gasteiger partial charge in [-0.05, 0) is 55.0 Å². The minimum atomic E-state index is -0.325. The SMILES string of the molecule is Cc1ccc2ncc(C(=O)N3CCC(c4ccc(O)cc4)CC3)c(=O)n2c1. The first kappa shape index (κ1) is 17.3. The fraction of sp³-hybridized carbons (Fsp3) is 0.286. The van der Waals surface area contributed by atoms with E-state index in [1.165, 1.54) is 16.2 Å². The monoisotopic (exact) mass is 363 g/mol. The number of nitrogens with zero attached hydrogens (tertiary/aromatic N) is 3. The van der Waals surface area contributed by atoms with E-state index in [9.17, 15) is 14.7 Å². The van der Waals surface area contributed by atoms with E-state index in [2.05, 4.69) is 4.98 Å². The molecule has 1 amide bonds. The quantitative estimate of drug-likeness (QED) is 0.760. The van der Waals surface area contributed by atoms with Crippen LogP contribution in [-0.4, -0.2) is 38.4 Å². The van der Waals surface area contributed by atoms with Crippen LogP contribution < -0.4 is 5.56 Å². The maximum atomic E-state index is 12.9. The smallest absolute Gasteiger partial charge is 0.270 e. The number of piperidine rings is 1. The second-order valence-electron chi connectivity index (χ2n) is 7.07. The third-order valence-corrected chi connectivity index (χ3v) is 5.23. The molecule has 1 saturated heterocycles. The third-order valence-electron chi connectivity index (χ3n) is 5.23. The third kappa shape index (κ3) is 3.30. The van der Waals surface area contributed by atoms with Crippen molar-refractivity contribution < 1.29 is 9.90 Å². The van der Waals surface area contributed by atoms with E-state index < -0.39 is 0 Å². The van der Waals surface area contributed by atoms with Gasteiger partial charge in [0, 0.05) is 25.5 Å². The van der Waals surface area contributed by atoms with Gasteiger partial charge >= 0.3 is 0 Å². The van der Waals surface area contributed by atoms with Crippen molar-refractivity contribution in [1.29, 1.82) is 0 Å². The molecular formula is C21H21N3O3. The molecule has 1 N–H and O–H groups in total. The standard InChI is InChI=1S/C21H21N3O3/c1-14-2-7-19-22-12-18(21(27)24(19)13-14)20(26)23-10-8-16(9-11-23)15-3-5-17(25)6-4-15/h2-7,12-13,16,25H,8-11H2,1H3. The molecule has 1 aromatic carbocycles. The number of rotatable bonds is 2. The summed E-state index contributed by atoms with van der Waals surface area (Å²) >= 11 is 0. The van der Waals surface area contributed by atoms with Crippen LogP contribution in [-0.2, 0) is 0 Å². The number of aryl methyl sites for hydroxylation is 1. The van der Waals surface area contributed by atoms with Crippen LogP contribution in [0.15, 0.2) is 53.6 Å². The fourth-order valence-corrected chi connectivity index (χ4v) is 3.66. The highest BCUT2D eigenvalue weighted by Crippen LogP contribution is 2.29. The number of phenolic OH excluding ortho intramolecular Hbond substituents is 1. The molecule has 1 fully saturated rings. The lowest BCUT2D eigenvalue weighted by molar-refractivity contribution is 0.0710. The Balaban J connectivity index is 1.53. The molecule has 1 aliphatic heterocycles. The van der Waals surface area contributed by atoms with Crippen molar-refractivity contribution in [2.75, 3.05) is 13.1 Å². The highest BCUT2D eigenvalue weighted by molar-refractivity contribution is 5.93. The molecule has 0 spiro atoms. The van der Waals surface area contributed by atoms with Gasteiger partial charge in [-0.3, -0.25) is 14.0 Å². The first-order valence-corrected chi connectivity index (χ1v) is 9.09. The minimum absolute atomic E-state index is 0.112. The average molecular weight is 363 g/mol. The Labute approximate surface area is 156 Å². The second-order valence-corrected chi connectivity index (χ2v) is 7.07. The average Bonchev–Trinajstić information content (AvgIpc) is 2.69. The molecule has 27 heavy (non-hydrogen) atoms. The second kappa shape index (κ2) is 6.87. The van der Waals surface area contributed by atoms with Crippen LogP contribution >= 0.6 is 0 Å². The number of hydrogen-bond donors (Lipinski definition) is 1. The number of benzene rings is 1. The zero-order valence-electron chi connectivity index (χ0n) is 15.1. The first-order valence-electron chi connectivity index (χ1n) is 9.09. The minimum Gasteiger partial charge on any atom is -0.508 e. The molecular weight excluding hydrogens is 342 g/mol. The van der Waals surface area contributed by atoms with Crippen molar-refractivity contribution in [1.82, 2.24) is 14.3 Å². The van der Waals surface area contributed by atoms with Gasteiger partial charge in [0.15, 0.2) is 0 Å². The van der Waals surface area contributed by atoms with E-state index in [1.54, 1.807) is 29.3 Å². The largest absolute Gasteiger partial charge is 0.508 e. The molecule has 0 bridgehead atoms. The van der Waals surface area contributed by atoms with Gasteiger partial charge in [-0.2, -0.15) is 0 Å². The van der Waals surface area contributed by atoms with Crippen molar-refractivity contribution in [3.05, 3.63) is 75.8 Å². The van der Waals surface area contributed by atoms with Crippen LogP contribution in [0.4, 0.5) is 0 Å². The van der Waals surface area contributed by atoms with Gasteiger partial charge in [0.1, 0.15) is 17.0 Å². The Morgan fingerprint density at radius 1 is 1.11 bits per heavy atom. The number of amides is 1. The van der Waals surface area contributed by atoms with Gasteiger partial charge in [-0.15, -0.1) is 0 Å². The maximum Gasteiger partial charge on any atom is 0.270 e. The summed E-state index contributed by atoms with van der Waals surface area (Å²) in [5.41, 5.74) is 2.43. The first-order chi connectivity index (χ1) is 13.0. The Hall–Kier alpha value is -3.15. The number of phenols is 1. The molecule has 2 aromatic heterocycles. The Morgan fingerprint density at radius 3 is 2.52 bits per heavy atom. The molecule has 0 saturated carbocycles. The van der Waals surface area contributed by atoms with E-state index >= 15 is 0 Å². The Bertz CT molecular complexity index is 1050. The van der Waals surface area contributed by atoms with Crippen LogP contribution in [0.25, 0.3) is 5.65 Å². The number of fused-ring (bicyclic) bond motifs is 1. The van der Waals surface area contributed by atoms with Crippen molar-refractivity contribution >= 4 is 11.6 Å². The predicted octanol–water partition coefficient (Wildman–Crippen LogP) is 2.73. The highest BCUT2D eigenvalue weighted by Gasteiger charge is 2.26. The van der Waals surface area contributed by atoms with Gasteiger partial charge in [0.25, 0.3) is 11.5 Å². The molecule has 3 heterocycles. The molecule has 6 nitrogen and oxygen atoms in total. The van der Waals surface area contributed by atoms with E-state index in [0.717, 1.165) is 18.4 Å². The molecule has 138 valence electrons. The van der Waals surface area contributed by atoms with E-state index in [1.807, 2.05) is 25.1 Å². The maximum absolute atomic E-state index is 12.9. The number of aromatic hydroxyl groups is 1. The van der Waals surface area contributed by atoms with Crippen molar-refractivity contribution in [3.8, 4) is 5.75 Å². The molecule has 0 radical (unpaired) electrons. The summed E-state index contributed by atoms with van der Waals surface area (Å²) in [6.07, 6.45) is 4.76. The highest BCUT2D eigenvalue weighted by atomic mass is 16.3. The van der Waals surface area contributed by atoms with Crippen LogP contribution in [0.1, 0.15) is 40.2 Å². The van der Waals surface area contributed by atoms with Crippen molar-refractivity contribution in [3.63, 3.8) is 0 Å². The summed E-state index contributed by atoms with van der Waals surface area (Å²) < 4.78 is 1.44. The summed E-state index contributed by atoms with van der Waals surface area (Å²) in [6, 6.07) is 10.9. The number of hydrogen-bond acceptors (Lipinski definition) is 4. The van der Waals surface area contributed by atoms with E-state index in [-0.39, 0.29) is 22.8 Å². The lowest BCUT2D eigenvalue weighted by Crippen LogP contribution is -2.40. The van der Waals surface area contributed by atoms with Gasteiger partial charge in [0.05, 0.1) is 0 Å². The number of carbonyl (C=O) groups excluding carboxylic acids is 1. The fourth-order valence-electron chi connectivity index (χ4n) is 3.66. The summed E-state index contributed by atoms with van der Waals surface area (Å²) in [7, 11) is 0. The number of aromatic nitrogens is 2. The molecule has 0 atom stereocenters. The predicted molar refractivity (Wildman–Crippen MR) is 102 cm³/mol. The number of pyridine rings is 1. The van der Waals surface area contributed by atoms with Crippen LogP contribution in [0.3, 0.4) is 0 Å². The number of carbonyl (C=O) groups is 1. The van der Waals surface area contributed by atoms with Crippen LogP contribution in [0.5, 0.6) is 5.75 Å². The lowest BCUT2D eigenvalue weighted by Gasteiger charge is -2.32. The lowest BCUT2D eigenvalue weighted by atomic mass is 9.89. The molecule has 3 aromatic rings. The topological polar surface area (TPSA) is 74.9 Å². The van der Waals surface area contributed by atoms with Gasteiger partial charge in [-0.25, -0.2) is 4.98 Å². The van der Waals surface area contributed by atoms with Crippen LogP contribution in [0.2, 0.25) is 0 Å². The van der Waals surface area contributed by atoms with Gasteiger partial charge < -0.3 is 10.0 Å². The van der Waals surface area contributed by atoms with Gasteiger partial charge in [0.2, 0.25) is 0 Å². The van der Waals surface area contributed by atoms with Crippen LogP contribution in [0, 0.1) is 6.92 Å². The number of likely N-dealkylation sites (tertiary alicyclic amines) is 1. The summed E-state index contributed by atoms with van der Waals surface area (Å²) in [4.78, 5) is 31.6.